The topological polar surface area (TPSA) is 55.1 Å². The van der Waals surface area contributed by atoms with Gasteiger partial charge in [0, 0.05) is 21.2 Å². The van der Waals surface area contributed by atoms with Crippen molar-refractivity contribution in [2.45, 2.75) is 37.8 Å². The van der Waals surface area contributed by atoms with Crippen molar-refractivity contribution in [3.8, 4) is 0 Å². The molecule has 1 aromatic carbocycles. The van der Waals surface area contributed by atoms with Gasteiger partial charge in [0.1, 0.15) is 5.82 Å². The van der Waals surface area contributed by atoms with Gasteiger partial charge in [-0.3, -0.25) is 4.79 Å². The molecule has 0 radical (unpaired) electrons. The summed E-state index contributed by atoms with van der Waals surface area (Å²) in [6, 6.07) is 4.97. The Labute approximate surface area is 132 Å². The van der Waals surface area contributed by atoms with E-state index in [1.165, 1.54) is 6.07 Å². The second kappa shape index (κ2) is 7.40. The molecule has 0 bridgehead atoms. The number of hydrogen-bond acceptors (Lipinski definition) is 2. The van der Waals surface area contributed by atoms with Gasteiger partial charge in [-0.05, 0) is 66.5 Å². The molecule has 1 aromatic rings. The minimum Gasteiger partial charge on any atom is -0.349 e. The van der Waals surface area contributed by atoms with Gasteiger partial charge in [0.25, 0.3) is 5.91 Å². The monoisotopic (exact) mass is 398 g/mol. The number of hydrogen-bond donors (Lipinski definition) is 2. The van der Waals surface area contributed by atoms with E-state index in [0.717, 1.165) is 25.7 Å². The molecule has 2 rings (SSSR count). The maximum atomic E-state index is 13.4. The SMILES string of the molecule is Cl.NC1CCC(NC(=O)c2ccc(I)c(F)c2)CC1. The Bertz CT molecular complexity index is 450. The summed E-state index contributed by atoms with van der Waals surface area (Å²) in [5.74, 6) is -0.556. The number of halogens is 3. The Morgan fingerprint density at radius 2 is 1.95 bits per heavy atom. The van der Waals surface area contributed by atoms with E-state index in [-0.39, 0.29) is 36.2 Å². The molecule has 1 aliphatic carbocycles. The zero-order valence-electron chi connectivity index (χ0n) is 10.4. The van der Waals surface area contributed by atoms with Crippen LogP contribution in [0, 0.1) is 9.39 Å². The Kier molecular flexibility index (Phi) is 6.49. The summed E-state index contributed by atoms with van der Waals surface area (Å²) in [6.07, 6.45) is 3.68. The Morgan fingerprint density at radius 1 is 1.32 bits per heavy atom. The number of nitrogens with one attached hydrogen (secondary N) is 1. The molecule has 1 amide bonds. The van der Waals surface area contributed by atoms with Crippen molar-refractivity contribution in [3.05, 3.63) is 33.1 Å². The van der Waals surface area contributed by atoms with Crippen molar-refractivity contribution in [1.29, 1.82) is 0 Å². The van der Waals surface area contributed by atoms with Crippen molar-refractivity contribution >= 4 is 40.9 Å². The van der Waals surface area contributed by atoms with Crippen LogP contribution in [-0.4, -0.2) is 18.0 Å². The van der Waals surface area contributed by atoms with E-state index >= 15 is 0 Å². The zero-order valence-corrected chi connectivity index (χ0v) is 13.3. The van der Waals surface area contributed by atoms with E-state index < -0.39 is 0 Å². The highest BCUT2D eigenvalue weighted by Gasteiger charge is 2.20. The first-order valence-electron chi connectivity index (χ1n) is 6.08. The fourth-order valence-corrected chi connectivity index (χ4v) is 2.51. The van der Waals surface area contributed by atoms with Crippen LogP contribution in [-0.2, 0) is 0 Å². The molecule has 6 heteroatoms. The summed E-state index contributed by atoms with van der Waals surface area (Å²) in [5.41, 5.74) is 6.19. The largest absolute Gasteiger partial charge is 0.349 e. The lowest BCUT2D eigenvalue weighted by Crippen LogP contribution is -2.40. The van der Waals surface area contributed by atoms with Crippen LogP contribution in [0.3, 0.4) is 0 Å². The van der Waals surface area contributed by atoms with Gasteiger partial charge in [-0.15, -0.1) is 12.4 Å². The number of carbonyl (C=O) groups excluding carboxylic acids is 1. The molecule has 0 aromatic heterocycles. The van der Waals surface area contributed by atoms with Gasteiger partial charge in [-0.25, -0.2) is 4.39 Å². The van der Waals surface area contributed by atoms with Crippen LogP contribution in [0.5, 0.6) is 0 Å². The molecular formula is C13H17ClFIN2O. The van der Waals surface area contributed by atoms with Crippen molar-refractivity contribution in [1.82, 2.24) is 5.32 Å². The fourth-order valence-electron chi connectivity index (χ4n) is 2.17. The third-order valence-electron chi connectivity index (χ3n) is 3.29. The lowest BCUT2D eigenvalue weighted by molar-refractivity contribution is 0.0925. The van der Waals surface area contributed by atoms with Crippen LogP contribution in [0.4, 0.5) is 4.39 Å². The number of benzene rings is 1. The normalized spacial score (nSPS) is 22.5. The average molecular weight is 399 g/mol. The lowest BCUT2D eigenvalue weighted by atomic mass is 9.91. The van der Waals surface area contributed by atoms with E-state index in [1.807, 2.05) is 22.6 Å². The number of nitrogens with two attached hydrogens (primary N) is 1. The fraction of sp³-hybridized carbons (Fsp3) is 0.462. The third kappa shape index (κ3) is 4.57. The summed E-state index contributed by atoms with van der Waals surface area (Å²) in [7, 11) is 0. The first kappa shape index (κ1) is 16.7. The van der Waals surface area contributed by atoms with Crippen LogP contribution >= 0.6 is 35.0 Å². The molecule has 0 aliphatic heterocycles. The smallest absolute Gasteiger partial charge is 0.251 e. The predicted octanol–water partition coefficient (Wildman–Crippen LogP) is 2.85. The molecule has 106 valence electrons. The van der Waals surface area contributed by atoms with E-state index in [9.17, 15) is 9.18 Å². The highest BCUT2D eigenvalue weighted by molar-refractivity contribution is 14.1. The van der Waals surface area contributed by atoms with Crippen LogP contribution in [0.2, 0.25) is 0 Å². The van der Waals surface area contributed by atoms with Crippen LogP contribution < -0.4 is 11.1 Å². The summed E-state index contributed by atoms with van der Waals surface area (Å²) in [4.78, 5) is 11.9. The lowest BCUT2D eigenvalue weighted by Gasteiger charge is -2.26. The molecule has 0 saturated heterocycles. The average Bonchev–Trinajstić information content (AvgIpc) is 2.35. The number of amides is 1. The molecule has 0 atom stereocenters. The molecule has 1 fully saturated rings. The van der Waals surface area contributed by atoms with Crippen molar-refractivity contribution < 1.29 is 9.18 Å². The van der Waals surface area contributed by atoms with Gasteiger partial charge in [0.05, 0.1) is 0 Å². The Morgan fingerprint density at radius 3 is 2.53 bits per heavy atom. The second-order valence-electron chi connectivity index (χ2n) is 4.71. The van der Waals surface area contributed by atoms with Gasteiger partial charge in [-0.2, -0.15) is 0 Å². The molecule has 1 aliphatic rings. The quantitative estimate of drug-likeness (QED) is 0.753. The van der Waals surface area contributed by atoms with E-state index in [4.69, 9.17) is 5.73 Å². The van der Waals surface area contributed by atoms with Crippen molar-refractivity contribution in [2.24, 2.45) is 5.73 Å². The highest BCUT2D eigenvalue weighted by atomic mass is 127. The van der Waals surface area contributed by atoms with Gasteiger partial charge >= 0.3 is 0 Å². The van der Waals surface area contributed by atoms with Gasteiger partial charge in [0.2, 0.25) is 0 Å². The summed E-state index contributed by atoms with van der Waals surface area (Å²) < 4.78 is 13.9. The molecule has 0 heterocycles. The van der Waals surface area contributed by atoms with Crippen molar-refractivity contribution in [2.75, 3.05) is 0 Å². The molecule has 0 spiro atoms. The molecule has 0 unspecified atom stereocenters. The van der Waals surface area contributed by atoms with Crippen LogP contribution in [0.15, 0.2) is 18.2 Å². The second-order valence-corrected chi connectivity index (χ2v) is 5.88. The first-order chi connectivity index (χ1) is 8.56. The van der Waals surface area contributed by atoms with E-state index in [0.29, 0.717) is 9.13 Å². The minimum absolute atomic E-state index is 0. The summed E-state index contributed by atoms with van der Waals surface area (Å²) in [5, 5.41) is 2.94. The molecule has 3 N–H and O–H groups in total. The predicted molar refractivity (Wildman–Crippen MR) is 84.1 cm³/mol. The van der Waals surface area contributed by atoms with Crippen LogP contribution in [0.25, 0.3) is 0 Å². The highest BCUT2D eigenvalue weighted by Crippen LogP contribution is 2.18. The molecule has 1 saturated carbocycles. The van der Waals surface area contributed by atoms with Gasteiger partial charge in [-0.1, -0.05) is 0 Å². The maximum Gasteiger partial charge on any atom is 0.251 e. The molecule has 3 nitrogen and oxygen atoms in total. The number of rotatable bonds is 2. The minimum atomic E-state index is -0.353. The van der Waals surface area contributed by atoms with E-state index in [1.54, 1.807) is 12.1 Å². The molecule has 19 heavy (non-hydrogen) atoms. The maximum absolute atomic E-state index is 13.4. The standard InChI is InChI=1S/C13H16FIN2O.ClH/c14-11-7-8(1-6-12(11)15)13(18)17-10-4-2-9(16)3-5-10;/h1,6-7,9-10H,2-5,16H2,(H,17,18);1H. The summed E-state index contributed by atoms with van der Waals surface area (Å²) in [6.45, 7) is 0. The van der Waals surface area contributed by atoms with Crippen LogP contribution in [0.1, 0.15) is 36.0 Å². The summed E-state index contributed by atoms with van der Waals surface area (Å²) >= 11 is 1.90. The Hall–Kier alpha value is -0.400. The van der Waals surface area contributed by atoms with Gasteiger partial charge < -0.3 is 11.1 Å². The van der Waals surface area contributed by atoms with Crippen molar-refractivity contribution in [3.63, 3.8) is 0 Å². The zero-order chi connectivity index (χ0) is 13.1. The molecular weight excluding hydrogens is 382 g/mol. The van der Waals surface area contributed by atoms with E-state index in [2.05, 4.69) is 5.32 Å². The third-order valence-corrected chi connectivity index (χ3v) is 4.16. The van der Waals surface area contributed by atoms with Gasteiger partial charge in [0.15, 0.2) is 0 Å². The number of carbonyl (C=O) groups is 1. The first-order valence-corrected chi connectivity index (χ1v) is 7.15. The Balaban J connectivity index is 0.00000180.